The van der Waals surface area contributed by atoms with Crippen LogP contribution in [0, 0.1) is 3.57 Å². The molecule has 0 spiro atoms. The second-order valence-corrected chi connectivity index (χ2v) is 5.27. The number of aliphatic hydroxyl groups is 1. The molecule has 1 aromatic heterocycles. The van der Waals surface area contributed by atoms with E-state index in [1.54, 1.807) is 4.68 Å². The number of anilines is 1. The summed E-state index contributed by atoms with van der Waals surface area (Å²) in [6.45, 7) is 1.11. The second kappa shape index (κ2) is 6.35. The SMILES string of the molecule is OCCn1cc(CNc2ccc(Cl)cc2I)nn1. The van der Waals surface area contributed by atoms with Gasteiger partial charge in [0.2, 0.25) is 0 Å². The first kappa shape index (κ1) is 13.6. The van der Waals surface area contributed by atoms with E-state index < -0.39 is 0 Å². The Hall–Kier alpha value is -0.860. The van der Waals surface area contributed by atoms with Gasteiger partial charge in [0.15, 0.2) is 0 Å². The Morgan fingerprint density at radius 2 is 2.28 bits per heavy atom. The Bertz CT molecular complexity index is 532. The highest BCUT2D eigenvalue weighted by Crippen LogP contribution is 2.22. The molecule has 18 heavy (non-hydrogen) atoms. The molecule has 5 nitrogen and oxygen atoms in total. The fraction of sp³-hybridized carbons (Fsp3) is 0.273. The lowest BCUT2D eigenvalue weighted by Gasteiger charge is -2.06. The van der Waals surface area contributed by atoms with Crippen molar-refractivity contribution in [3.8, 4) is 0 Å². The molecule has 96 valence electrons. The van der Waals surface area contributed by atoms with Gasteiger partial charge in [-0.2, -0.15) is 0 Å². The van der Waals surface area contributed by atoms with Crippen molar-refractivity contribution in [2.75, 3.05) is 11.9 Å². The molecule has 1 aromatic carbocycles. The summed E-state index contributed by atoms with van der Waals surface area (Å²) in [5, 5.41) is 20.7. The molecule has 0 aliphatic carbocycles. The van der Waals surface area contributed by atoms with Crippen LogP contribution in [0.2, 0.25) is 5.02 Å². The number of halogens is 2. The van der Waals surface area contributed by atoms with E-state index in [9.17, 15) is 0 Å². The Morgan fingerprint density at radius 1 is 1.44 bits per heavy atom. The summed E-state index contributed by atoms with van der Waals surface area (Å²) >= 11 is 8.12. The number of rotatable bonds is 5. The van der Waals surface area contributed by atoms with Crippen molar-refractivity contribution in [2.24, 2.45) is 0 Å². The Labute approximate surface area is 123 Å². The van der Waals surface area contributed by atoms with Crippen LogP contribution in [0.1, 0.15) is 5.69 Å². The van der Waals surface area contributed by atoms with Crippen LogP contribution in [0.5, 0.6) is 0 Å². The van der Waals surface area contributed by atoms with Crippen LogP contribution in [-0.4, -0.2) is 26.7 Å². The number of hydrogen-bond acceptors (Lipinski definition) is 4. The number of nitrogens with zero attached hydrogens (tertiary/aromatic N) is 3. The molecule has 0 bridgehead atoms. The van der Waals surface area contributed by atoms with Gasteiger partial charge in [0.05, 0.1) is 25.9 Å². The number of aromatic nitrogens is 3. The van der Waals surface area contributed by atoms with Crippen LogP contribution in [0.25, 0.3) is 0 Å². The quantitative estimate of drug-likeness (QED) is 0.783. The lowest BCUT2D eigenvalue weighted by Crippen LogP contribution is -2.02. The maximum absolute atomic E-state index is 8.78. The highest BCUT2D eigenvalue weighted by molar-refractivity contribution is 14.1. The fourth-order valence-corrected chi connectivity index (χ4v) is 2.51. The summed E-state index contributed by atoms with van der Waals surface area (Å²) in [5.41, 5.74) is 1.84. The minimum atomic E-state index is 0.0608. The predicted molar refractivity (Wildman–Crippen MR) is 78.6 cm³/mol. The lowest BCUT2D eigenvalue weighted by atomic mass is 10.3. The number of nitrogens with one attached hydrogen (secondary N) is 1. The summed E-state index contributed by atoms with van der Waals surface area (Å²) in [7, 11) is 0. The van der Waals surface area contributed by atoms with E-state index in [4.69, 9.17) is 16.7 Å². The monoisotopic (exact) mass is 378 g/mol. The molecule has 0 saturated heterocycles. The van der Waals surface area contributed by atoms with E-state index in [1.165, 1.54) is 0 Å². The summed E-state index contributed by atoms with van der Waals surface area (Å²) in [6.07, 6.45) is 1.81. The molecule has 2 aromatic rings. The van der Waals surface area contributed by atoms with Crippen LogP contribution in [0.4, 0.5) is 5.69 Å². The van der Waals surface area contributed by atoms with E-state index in [2.05, 4.69) is 38.2 Å². The zero-order chi connectivity index (χ0) is 13.0. The van der Waals surface area contributed by atoms with Crippen molar-refractivity contribution in [1.82, 2.24) is 15.0 Å². The first-order valence-corrected chi connectivity index (χ1v) is 6.83. The van der Waals surface area contributed by atoms with Crippen molar-refractivity contribution in [3.63, 3.8) is 0 Å². The van der Waals surface area contributed by atoms with E-state index in [0.717, 1.165) is 20.0 Å². The average Bonchev–Trinajstić information content (AvgIpc) is 2.76. The molecule has 0 saturated carbocycles. The van der Waals surface area contributed by atoms with Gasteiger partial charge in [0, 0.05) is 14.3 Å². The second-order valence-electron chi connectivity index (χ2n) is 3.67. The topological polar surface area (TPSA) is 63.0 Å². The average molecular weight is 379 g/mol. The molecule has 7 heteroatoms. The van der Waals surface area contributed by atoms with E-state index in [0.29, 0.717) is 13.1 Å². The smallest absolute Gasteiger partial charge is 0.102 e. The van der Waals surface area contributed by atoms with Crippen LogP contribution in [0.3, 0.4) is 0 Å². The zero-order valence-electron chi connectivity index (χ0n) is 9.48. The van der Waals surface area contributed by atoms with Gasteiger partial charge in [-0.15, -0.1) is 5.10 Å². The van der Waals surface area contributed by atoms with Crippen molar-refractivity contribution >= 4 is 39.9 Å². The molecule has 0 aliphatic heterocycles. The van der Waals surface area contributed by atoms with Gasteiger partial charge in [0.1, 0.15) is 5.69 Å². The molecule has 1 heterocycles. The normalized spacial score (nSPS) is 10.6. The molecule has 0 atom stereocenters. The molecule has 0 amide bonds. The van der Waals surface area contributed by atoms with Crippen molar-refractivity contribution in [2.45, 2.75) is 13.1 Å². The molecule has 0 fully saturated rings. The third-order valence-corrected chi connectivity index (χ3v) is 3.43. The molecule has 0 aliphatic rings. The maximum Gasteiger partial charge on any atom is 0.102 e. The van der Waals surface area contributed by atoms with Crippen LogP contribution >= 0.6 is 34.2 Å². The fourth-order valence-electron chi connectivity index (χ4n) is 1.45. The zero-order valence-corrected chi connectivity index (χ0v) is 12.4. The molecule has 0 radical (unpaired) electrons. The molecule has 2 N–H and O–H groups in total. The van der Waals surface area contributed by atoms with Gasteiger partial charge in [-0.3, -0.25) is 0 Å². The number of benzene rings is 1. The Morgan fingerprint density at radius 3 is 3.00 bits per heavy atom. The maximum atomic E-state index is 8.78. The molecular weight excluding hydrogens is 367 g/mol. The molecule has 2 rings (SSSR count). The van der Waals surface area contributed by atoms with Crippen LogP contribution < -0.4 is 5.32 Å². The van der Waals surface area contributed by atoms with Crippen molar-refractivity contribution < 1.29 is 5.11 Å². The van der Waals surface area contributed by atoms with Gasteiger partial charge < -0.3 is 10.4 Å². The predicted octanol–water partition coefficient (Wildman–Crippen LogP) is 2.14. The first-order valence-electron chi connectivity index (χ1n) is 5.38. The molecular formula is C11H12ClIN4O. The summed E-state index contributed by atoms with van der Waals surface area (Å²) in [4.78, 5) is 0. The van der Waals surface area contributed by atoms with Crippen LogP contribution in [-0.2, 0) is 13.1 Å². The Balaban J connectivity index is 1.97. The Kier molecular flexibility index (Phi) is 4.79. The largest absolute Gasteiger partial charge is 0.394 e. The highest BCUT2D eigenvalue weighted by atomic mass is 127. The lowest BCUT2D eigenvalue weighted by molar-refractivity contribution is 0.268. The van der Waals surface area contributed by atoms with Gasteiger partial charge in [0.25, 0.3) is 0 Å². The van der Waals surface area contributed by atoms with Gasteiger partial charge in [-0.1, -0.05) is 16.8 Å². The minimum absolute atomic E-state index is 0.0608. The summed E-state index contributed by atoms with van der Waals surface area (Å²) in [6, 6.07) is 5.67. The van der Waals surface area contributed by atoms with Crippen LogP contribution in [0.15, 0.2) is 24.4 Å². The third-order valence-electron chi connectivity index (χ3n) is 2.31. The minimum Gasteiger partial charge on any atom is -0.394 e. The van der Waals surface area contributed by atoms with E-state index in [-0.39, 0.29) is 6.61 Å². The molecule has 0 unspecified atom stereocenters. The first-order chi connectivity index (χ1) is 8.69. The van der Waals surface area contributed by atoms with Gasteiger partial charge in [-0.05, 0) is 40.8 Å². The van der Waals surface area contributed by atoms with Gasteiger partial charge in [-0.25, -0.2) is 4.68 Å². The van der Waals surface area contributed by atoms with Crippen molar-refractivity contribution in [3.05, 3.63) is 38.7 Å². The highest BCUT2D eigenvalue weighted by Gasteiger charge is 2.03. The number of hydrogen-bond donors (Lipinski definition) is 2. The van der Waals surface area contributed by atoms with Gasteiger partial charge >= 0.3 is 0 Å². The van der Waals surface area contributed by atoms with E-state index >= 15 is 0 Å². The third kappa shape index (κ3) is 3.56. The number of aliphatic hydroxyl groups excluding tert-OH is 1. The summed E-state index contributed by atoms with van der Waals surface area (Å²) < 4.78 is 2.67. The van der Waals surface area contributed by atoms with E-state index in [1.807, 2.05) is 24.4 Å². The van der Waals surface area contributed by atoms with Crippen molar-refractivity contribution in [1.29, 1.82) is 0 Å². The summed E-state index contributed by atoms with van der Waals surface area (Å²) in [5.74, 6) is 0. The standard InChI is InChI=1S/C11H12ClIN4O/c12-8-1-2-11(10(13)5-8)14-6-9-7-17(3-4-18)16-15-9/h1-2,5,7,14,18H,3-4,6H2.